The maximum Gasteiger partial charge on any atom is 0.270 e. The van der Waals surface area contributed by atoms with E-state index in [1.54, 1.807) is 0 Å². The summed E-state index contributed by atoms with van der Waals surface area (Å²) in [5, 5.41) is 9.99. The largest absolute Gasteiger partial charge is 0.301 e. The van der Waals surface area contributed by atoms with E-state index in [4.69, 9.17) is 0 Å². The van der Waals surface area contributed by atoms with Crippen LogP contribution in [0.1, 0.15) is 29.7 Å². The van der Waals surface area contributed by atoms with E-state index in [9.17, 15) is 13.2 Å². The first-order valence-electron chi connectivity index (χ1n) is 8.11. The summed E-state index contributed by atoms with van der Waals surface area (Å²) in [4.78, 5) is 11.1. The van der Waals surface area contributed by atoms with Crippen molar-refractivity contribution in [2.45, 2.75) is 24.2 Å². The molecule has 2 N–H and O–H groups in total. The second-order valence-electron chi connectivity index (χ2n) is 5.88. The van der Waals surface area contributed by atoms with Crippen LogP contribution >= 0.6 is 11.3 Å². The van der Waals surface area contributed by atoms with Crippen molar-refractivity contribution in [1.82, 2.24) is 14.9 Å². The minimum atomic E-state index is -3.94. The summed E-state index contributed by atoms with van der Waals surface area (Å²) < 4.78 is 28.3. The second-order valence-corrected chi connectivity index (χ2v) is 8.74. The van der Waals surface area contributed by atoms with Crippen molar-refractivity contribution in [3.63, 3.8) is 0 Å². The fourth-order valence-electron chi connectivity index (χ4n) is 2.59. The predicted octanol–water partition coefficient (Wildman–Crippen LogP) is 2.87. The number of nitrogens with zero attached hydrogens (tertiary/aromatic N) is 2. The first-order valence-corrected chi connectivity index (χ1v) is 10.4. The topological polar surface area (TPSA) is 101 Å². The first kappa shape index (κ1) is 19.2. The van der Waals surface area contributed by atoms with Crippen molar-refractivity contribution in [3.05, 3.63) is 71.3 Å². The lowest BCUT2D eigenvalue weighted by molar-refractivity contribution is -0.114. The van der Waals surface area contributed by atoms with Crippen molar-refractivity contribution in [1.29, 1.82) is 0 Å². The number of hydrogen-bond acceptors (Lipinski definition) is 6. The van der Waals surface area contributed by atoms with Crippen molar-refractivity contribution < 1.29 is 13.2 Å². The molecule has 0 spiro atoms. The highest BCUT2D eigenvalue weighted by Crippen LogP contribution is 2.28. The van der Waals surface area contributed by atoms with Crippen molar-refractivity contribution in [3.8, 4) is 0 Å². The number of carbonyl (C=O) groups excluding carboxylic acids is 1. The van der Waals surface area contributed by atoms with Gasteiger partial charge >= 0.3 is 0 Å². The van der Waals surface area contributed by atoms with Gasteiger partial charge < -0.3 is 5.32 Å². The minimum absolute atomic E-state index is 0.134. The normalized spacial score (nSPS) is 12.5. The molecule has 27 heavy (non-hydrogen) atoms. The molecule has 0 aliphatic rings. The number of carbonyl (C=O) groups is 1. The maximum absolute atomic E-state index is 12.9. The molecular formula is C18H18N4O3S2. The molecule has 0 aliphatic heterocycles. The molecule has 140 valence electrons. The molecular weight excluding hydrogens is 384 g/mol. The molecule has 0 aliphatic carbocycles. The molecule has 1 atom stereocenters. The van der Waals surface area contributed by atoms with Crippen LogP contribution in [0, 0.1) is 6.92 Å². The van der Waals surface area contributed by atoms with Crippen LogP contribution < -0.4 is 10.0 Å². The summed E-state index contributed by atoms with van der Waals surface area (Å²) in [5.74, 6) is -0.342. The van der Waals surface area contributed by atoms with Crippen LogP contribution in [-0.2, 0) is 14.8 Å². The third-order valence-corrected chi connectivity index (χ3v) is 6.45. The number of amides is 1. The van der Waals surface area contributed by atoms with Crippen LogP contribution in [-0.4, -0.2) is 24.5 Å². The van der Waals surface area contributed by atoms with E-state index in [1.165, 1.54) is 6.92 Å². The molecule has 1 heterocycles. The van der Waals surface area contributed by atoms with Crippen LogP contribution in [0.3, 0.4) is 0 Å². The zero-order valence-corrected chi connectivity index (χ0v) is 16.3. The number of nitrogens with one attached hydrogen (secondary N) is 2. The smallest absolute Gasteiger partial charge is 0.270 e. The molecule has 2 aromatic carbocycles. The molecule has 1 amide bonds. The molecule has 3 aromatic rings. The Morgan fingerprint density at radius 3 is 2.37 bits per heavy atom. The van der Waals surface area contributed by atoms with Crippen LogP contribution in [0.25, 0.3) is 0 Å². The van der Waals surface area contributed by atoms with Crippen LogP contribution in [0.15, 0.2) is 58.9 Å². The lowest BCUT2D eigenvalue weighted by Gasteiger charge is -2.20. The van der Waals surface area contributed by atoms with Gasteiger partial charge in [0.1, 0.15) is 0 Å². The van der Waals surface area contributed by atoms with E-state index in [-0.39, 0.29) is 15.4 Å². The number of benzene rings is 2. The second kappa shape index (κ2) is 7.95. The van der Waals surface area contributed by atoms with Gasteiger partial charge in [-0.3, -0.25) is 4.79 Å². The van der Waals surface area contributed by atoms with E-state index >= 15 is 0 Å². The highest BCUT2D eigenvalue weighted by atomic mass is 32.2. The Kier molecular flexibility index (Phi) is 5.64. The Hall–Kier alpha value is -2.62. The van der Waals surface area contributed by atoms with Crippen molar-refractivity contribution in [2.75, 3.05) is 5.32 Å². The monoisotopic (exact) mass is 402 g/mol. The number of hydrogen-bond donors (Lipinski definition) is 2. The third kappa shape index (κ3) is 4.57. The summed E-state index contributed by atoms with van der Waals surface area (Å²) in [6, 6.07) is 16.3. The molecule has 0 fully saturated rings. The molecule has 0 saturated heterocycles. The Labute approximate surface area is 161 Å². The minimum Gasteiger partial charge on any atom is -0.301 e. The van der Waals surface area contributed by atoms with E-state index in [2.05, 4.69) is 20.2 Å². The molecule has 0 bridgehead atoms. The molecule has 9 heteroatoms. The van der Waals surface area contributed by atoms with Crippen LogP contribution in [0.4, 0.5) is 5.13 Å². The average molecular weight is 403 g/mol. The number of sulfonamides is 1. The van der Waals surface area contributed by atoms with Crippen LogP contribution in [0.2, 0.25) is 0 Å². The summed E-state index contributed by atoms with van der Waals surface area (Å²) >= 11 is 0.800. The highest BCUT2D eigenvalue weighted by molar-refractivity contribution is 7.91. The first-order chi connectivity index (χ1) is 12.9. The number of rotatable bonds is 6. The molecule has 3 rings (SSSR count). The van der Waals surface area contributed by atoms with Gasteiger partial charge in [-0.25, -0.2) is 8.42 Å². The molecule has 0 unspecified atom stereocenters. The van der Waals surface area contributed by atoms with Gasteiger partial charge in [0.2, 0.25) is 15.4 Å². The van der Waals surface area contributed by atoms with E-state index in [0.29, 0.717) is 0 Å². The summed E-state index contributed by atoms with van der Waals surface area (Å²) in [5.41, 5.74) is 2.62. The zero-order valence-electron chi connectivity index (χ0n) is 14.7. The lowest BCUT2D eigenvalue weighted by atomic mass is 9.96. The van der Waals surface area contributed by atoms with Gasteiger partial charge in [0.25, 0.3) is 10.0 Å². The SMILES string of the molecule is CC(=O)Nc1nnc(S(=O)(=O)N[C@H](c2ccccc2)c2ccccc2C)s1. The Morgan fingerprint density at radius 1 is 1.04 bits per heavy atom. The molecule has 0 radical (unpaired) electrons. The number of aromatic nitrogens is 2. The van der Waals surface area contributed by atoms with Gasteiger partial charge in [0.15, 0.2) is 0 Å². The van der Waals surface area contributed by atoms with Crippen molar-refractivity contribution >= 4 is 32.4 Å². The molecule has 1 aromatic heterocycles. The van der Waals surface area contributed by atoms with E-state index in [0.717, 1.165) is 28.0 Å². The molecule has 0 saturated carbocycles. The standard InChI is InChI=1S/C18H18N4O3S2/c1-12-8-6-7-11-15(12)16(14-9-4-3-5-10-14)22-27(24,25)18-21-20-17(26-18)19-13(2)23/h3-11,16,22H,1-2H3,(H,19,20,23)/t16-/m1/s1. The van der Waals surface area contributed by atoms with Gasteiger partial charge in [-0.1, -0.05) is 65.9 Å². The van der Waals surface area contributed by atoms with Gasteiger partial charge in [0, 0.05) is 6.92 Å². The lowest BCUT2D eigenvalue weighted by Crippen LogP contribution is -2.30. The van der Waals surface area contributed by atoms with Crippen LogP contribution in [0.5, 0.6) is 0 Å². The zero-order chi connectivity index (χ0) is 19.4. The third-order valence-electron chi connectivity index (χ3n) is 3.82. The predicted molar refractivity (Wildman–Crippen MR) is 104 cm³/mol. The Bertz CT molecular complexity index is 1050. The fraction of sp³-hybridized carbons (Fsp3) is 0.167. The fourth-order valence-corrected chi connectivity index (χ4v) is 4.76. The molecule has 7 nitrogen and oxygen atoms in total. The Morgan fingerprint density at radius 2 is 1.70 bits per heavy atom. The van der Waals surface area contributed by atoms with E-state index in [1.807, 2.05) is 61.5 Å². The summed E-state index contributed by atoms with van der Waals surface area (Å²) in [6.45, 7) is 3.25. The average Bonchev–Trinajstić information content (AvgIpc) is 3.10. The van der Waals surface area contributed by atoms with Gasteiger partial charge in [0.05, 0.1) is 6.04 Å². The summed E-state index contributed by atoms with van der Waals surface area (Å²) in [7, 11) is -3.94. The maximum atomic E-state index is 12.9. The number of aryl methyl sites for hydroxylation is 1. The number of anilines is 1. The quantitative estimate of drug-likeness (QED) is 0.618. The van der Waals surface area contributed by atoms with Crippen molar-refractivity contribution in [2.24, 2.45) is 0 Å². The highest BCUT2D eigenvalue weighted by Gasteiger charge is 2.27. The van der Waals surface area contributed by atoms with Gasteiger partial charge in [-0.2, -0.15) is 4.72 Å². The summed E-state index contributed by atoms with van der Waals surface area (Å²) in [6.07, 6.45) is 0. The van der Waals surface area contributed by atoms with Gasteiger partial charge in [-0.15, -0.1) is 10.2 Å². The Balaban J connectivity index is 1.97. The van der Waals surface area contributed by atoms with E-state index < -0.39 is 16.1 Å². The van der Waals surface area contributed by atoms with Gasteiger partial charge in [-0.05, 0) is 23.6 Å².